The van der Waals surface area contributed by atoms with Gasteiger partial charge in [0, 0.05) is 16.7 Å². The average Bonchev–Trinajstić information content (AvgIpc) is 3.13. The normalized spacial score (nSPS) is 11.2. The summed E-state index contributed by atoms with van der Waals surface area (Å²) in [6, 6.07) is 16.0. The number of para-hydroxylation sites is 1. The van der Waals surface area contributed by atoms with Gasteiger partial charge in [0.2, 0.25) is 5.89 Å². The predicted molar refractivity (Wildman–Crippen MR) is 106 cm³/mol. The zero-order valence-electron chi connectivity index (χ0n) is 14.4. The van der Waals surface area contributed by atoms with E-state index < -0.39 is 0 Å². The first-order valence-electron chi connectivity index (χ1n) is 8.19. The highest BCUT2D eigenvalue weighted by Crippen LogP contribution is 2.31. The van der Waals surface area contributed by atoms with Crippen molar-refractivity contribution in [1.29, 1.82) is 0 Å². The van der Waals surface area contributed by atoms with Crippen LogP contribution in [0.15, 0.2) is 58.2 Å². The van der Waals surface area contributed by atoms with Crippen LogP contribution >= 0.6 is 23.4 Å². The molecule has 2 aromatic carbocycles. The largest absolute Gasteiger partial charge is 0.411 e. The molecular formula is C20H16ClN3OS. The molecule has 0 fully saturated rings. The van der Waals surface area contributed by atoms with E-state index in [1.165, 1.54) is 11.8 Å². The second kappa shape index (κ2) is 7.09. The van der Waals surface area contributed by atoms with Crippen molar-refractivity contribution >= 4 is 34.3 Å². The van der Waals surface area contributed by atoms with Crippen LogP contribution in [0.1, 0.15) is 16.8 Å². The lowest BCUT2D eigenvalue weighted by Crippen LogP contribution is -1.94. The molecule has 0 spiro atoms. The third-order valence-corrected chi connectivity index (χ3v) is 5.48. The van der Waals surface area contributed by atoms with Gasteiger partial charge in [-0.15, -0.1) is 10.2 Å². The van der Waals surface area contributed by atoms with Crippen molar-refractivity contribution in [2.24, 2.45) is 0 Å². The molecule has 0 unspecified atom stereocenters. The Morgan fingerprint density at radius 3 is 2.73 bits per heavy atom. The summed E-state index contributed by atoms with van der Waals surface area (Å²) in [5, 5.41) is 10.5. The fourth-order valence-corrected chi connectivity index (χ4v) is 3.80. The number of halogens is 1. The third kappa shape index (κ3) is 3.32. The van der Waals surface area contributed by atoms with Crippen molar-refractivity contribution in [2.75, 3.05) is 0 Å². The van der Waals surface area contributed by atoms with E-state index in [1.54, 1.807) is 0 Å². The predicted octanol–water partition coefficient (Wildman–Crippen LogP) is 5.85. The smallest absolute Gasteiger partial charge is 0.277 e. The molecule has 0 aliphatic carbocycles. The molecule has 0 radical (unpaired) electrons. The quantitative estimate of drug-likeness (QED) is 0.415. The van der Waals surface area contributed by atoms with E-state index in [0.717, 1.165) is 33.3 Å². The molecule has 2 aromatic heterocycles. The van der Waals surface area contributed by atoms with Gasteiger partial charge in [-0.05, 0) is 37.6 Å². The summed E-state index contributed by atoms with van der Waals surface area (Å²) in [7, 11) is 0. The zero-order chi connectivity index (χ0) is 18.1. The molecule has 0 saturated carbocycles. The molecule has 26 heavy (non-hydrogen) atoms. The summed E-state index contributed by atoms with van der Waals surface area (Å²) in [5.74, 6) is 1.09. The lowest BCUT2D eigenvalue weighted by atomic mass is 10.1. The molecule has 4 rings (SSSR count). The van der Waals surface area contributed by atoms with Gasteiger partial charge in [-0.2, -0.15) is 0 Å². The molecular weight excluding hydrogens is 366 g/mol. The number of aryl methyl sites for hydroxylation is 2. The summed E-state index contributed by atoms with van der Waals surface area (Å²) < 4.78 is 5.77. The van der Waals surface area contributed by atoms with Crippen molar-refractivity contribution in [2.45, 2.75) is 24.8 Å². The van der Waals surface area contributed by atoms with E-state index in [2.05, 4.69) is 15.2 Å². The van der Waals surface area contributed by atoms with Crippen LogP contribution in [0.25, 0.3) is 22.4 Å². The summed E-state index contributed by atoms with van der Waals surface area (Å²) in [6.45, 7) is 4.05. The van der Waals surface area contributed by atoms with Gasteiger partial charge < -0.3 is 4.42 Å². The Kier molecular flexibility index (Phi) is 4.66. The van der Waals surface area contributed by atoms with Crippen LogP contribution in [-0.4, -0.2) is 15.2 Å². The van der Waals surface area contributed by atoms with Gasteiger partial charge in [0.25, 0.3) is 5.22 Å². The first-order chi connectivity index (χ1) is 12.6. The lowest BCUT2D eigenvalue weighted by Gasteiger charge is -2.08. The van der Waals surface area contributed by atoms with Crippen LogP contribution in [0.3, 0.4) is 0 Å². The molecule has 0 atom stereocenters. The number of benzene rings is 2. The van der Waals surface area contributed by atoms with Crippen LogP contribution in [0.2, 0.25) is 5.02 Å². The zero-order valence-corrected chi connectivity index (χ0v) is 15.9. The molecule has 0 amide bonds. The maximum Gasteiger partial charge on any atom is 0.277 e. The first-order valence-corrected chi connectivity index (χ1v) is 9.55. The molecule has 0 aliphatic heterocycles. The fraction of sp³-hybridized carbons (Fsp3) is 0.150. The Bertz CT molecular complexity index is 1090. The van der Waals surface area contributed by atoms with Crippen LogP contribution in [0, 0.1) is 13.8 Å². The minimum atomic E-state index is 0.505. The van der Waals surface area contributed by atoms with Crippen molar-refractivity contribution in [3.8, 4) is 11.5 Å². The molecule has 130 valence electrons. The monoisotopic (exact) mass is 381 g/mol. The Hall–Kier alpha value is -2.37. The minimum Gasteiger partial charge on any atom is -0.411 e. The standard InChI is InChI=1S/C20H16ClN3OS/c1-12-6-5-7-14(10-12)19-23-24-20(25-19)26-11-17-18(21)13(2)15-8-3-4-9-16(15)22-17/h3-10H,11H2,1-2H3. The SMILES string of the molecule is Cc1cccc(-c2nnc(SCc3nc4ccccc4c(C)c3Cl)o2)c1. The Balaban J connectivity index is 1.57. The Labute approximate surface area is 160 Å². The van der Waals surface area contributed by atoms with Crippen molar-refractivity contribution in [3.05, 3.63) is 70.4 Å². The van der Waals surface area contributed by atoms with Crippen molar-refractivity contribution in [3.63, 3.8) is 0 Å². The first kappa shape index (κ1) is 17.1. The van der Waals surface area contributed by atoms with Gasteiger partial charge in [-0.25, -0.2) is 0 Å². The van der Waals surface area contributed by atoms with Gasteiger partial charge in [-0.3, -0.25) is 4.98 Å². The molecule has 0 aliphatic rings. The Morgan fingerprint density at radius 1 is 1.04 bits per heavy atom. The van der Waals surface area contributed by atoms with Crippen LogP contribution in [0.5, 0.6) is 0 Å². The van der Waals surface area contributed by atoms with Gasteiger partial charge in [0.1, 0.15) is 0 Å². The second-order valence-electron chi connectivity index (χ2n) is 6.05. The number of hydrogen-bond acceptors (Lipinski definition) is 5. The number of fused-ring (bicyclic) bond motifs is 1. The fourth-order valence-electron chi connectivity index (χ4n) is 2.81. The van der Waals surface area contributed by atoms with Crippen molar-refractivity contribution < 1.29 is 4.42 Å². The van der Waals surface area contributed by atoms with E-state index in [-0.39, 0.29) is 0 Å². The number of thioether (sulfide) groups is 1. The van der Waals surface area contributed by atoms with Crippen LogP contribution in [0.4, 0.5) is 0 Å². The van der Waals surface area contributed by atoms with E-state index in [4.69, 9.17) is 16.0 Å². The highest BCUT2D eigenvalue weighted by molar-refractivity contribution is 7.98. The number of nitrogens with zero attached hydrogens (tertiary/aromatic N) is 3. The van der Waals surface area contributed by atoms with Crippen LogP contribution < -0.4 is 0 Å². The van der Waals surface area contributed by atoms with E-state index in [9.17, 15) is 0 Å². The topological polar surface area (TPSA) is 51.8 Å². The molecule has 4 nitrogen and oxygen atoms in total. The molecule has 2 heterocycles. The summed E-state index contributed by atoms with van der Waals surface area (Å²) in [6.07, 6.45) is 0. The van der Waals surface area contributed by atoms with E-state index in [1.807, 2.05) is 62.4 Å². The summed E-state index contributed by atoms with van der Waals surface area (Å²) in [5.41, 5.74) is 4.87. The molecule has 0 saturated heterocycles. The highest BCUT2D eigenvalue weighted by atomic mass is 35.5. The van der Waals surface area contributed by atoms with Crippen molar-refractivity contribution in [1.82, 2.24) is 15.2 Å². The van der Waals surface area contributed by atoms with Gasteiger partial charge in [-0.1, -0.05) is 59.3 Å². The van der Waals surface area contributed by atoms with E-state index in [0.29, 0.717) is 21.9 Å². The second-order valence-corrected chi connectivity index (χ2v) is 7.35. The molecule has 6 heteroatoms. The third-order valence-electron chi connectivity index (χ3n) is 4.15. The number of hydrogen-bond donors (Lipinski definition) is 0. The molecule has 0 bridgehead atoms. The average molecular weight is 382 g/mol. The summed E-state index contributed by atoms with van der Waals surface area (Å²) >= 11 is 7.95. The highest BCUT2D eigenvalue weighted by Gasteiger charge is 2.13. The lowest BCUT2D eigenvalue weighted by molar-refractivity contribution is 0.466. The molecule has 4 aromatic rings. The Morgan fingerprint density at radius 2 is 1.88 bits per heavy atom. The number of pyridine rings is 1. The van der Waals surface area contributed by atoms with E-state index >= 15 is 0 Å². The number of aromatic nitrogens is 3. The van der Waals surface area contributed by atoms with Gasteiger partial charge >= 0.3 is 0 Å². The van der Waals surface area contributed by atoms with Crippen LogP contribution in [-0.2, 0) is 5.75 Å². The maximum atomic E-state index is 6.51. The molecule has 0 N–H and O–H groups in total. The number of rotatable bonds is 4. The van der Waals surface area contributed by atoms with Gasteiger partial charge in [0.15, 0.2) is 0 Å². The summed E-state index contributed by atoms with van der Waals surface area (Å²) in [4.78, 5) is 4.68. The minimum absolute atomic E-state index is 0.505. The maximum absolute atomic E-state index is 6.51. The van der Waals surface area contributed by atoms with Gasteiger partial charge in [0.05, 0.1) is 16.2 Å².